The quantitative estimate of drug-likeness (QED) is 0.0480. The lowest BCUT2D eigenvalue weighted by atomic mass is 10.1. The minimum atomic E-state index is -1.82. The molecule has 0 unspecified atom stereocenters. The molecule has 0 aliphatic rings. The molecule has 0 aromatic heterocycles. The summed E-state index contributed by atoms with van der Waals surface area (Å²) in [7, 11) is 0. The summed E-state index contributed by atoms with van der Waals surface area (Å²) in [4.78, 5) is 38.7. The van der Waals surface area contributed by atoms with E-state index in [1.807, 2.05) is 0 Å². The van der Waals surface area contributed by atoms with Crippen LogP contribution in [0.2, 0.25) is 0 Å². The first-order valence-electron chi connectivity index (χ1n) is 15.7. The zero-order chi connectivity index (χ0) is 30.7. The van der Waals surface area contributed by atoms with Crippen molar-refractivity contribution < 1.29 is 39.6 Å². The van der Waals surface area contributed by atoms with Gasteiger partial charge in [-0.1, -0.05) is 129 Å². The van der Waals surface area contributed by atoms with Crippen LogP contribution in [0.15, 0.2) is 12.2 Å². The van der Waals surface area contributed by atoms with Gasteiger partial charge in [0, 0.05) is 12.8 Å². The van der Waals surface area contributed by atoms with Crippen LogP contribution in [-0.4, -0.2) is 44.3 Å². The number of carboxylic acids is 4. The first-order valence-corrected chi connectivity index (χ1v) is 15.7. The number of carbonyl (C=O) groups is 4. The number of allylic oxidation sites excluding steroid dienone is 2. The van der Waals surface area contributed by atoms with Gasteiger partial charge in [-0.25, -0.2) is 9.59 Å². The number of aliphatic carboxylic acids is 4. The van der Waals surface area contributed by atoms with E-state index in [1.165, 1.54) is 116 Å². The van der Waals surface area contributed by atoms with E-state index in [-0.39, 0.29) is 0 Å². The zero-order valence-electron chi connectivity index (χ0n) is 25.5. The average molecular weight is 573 g/mol. The maximum absolute atomic E-state index is 10.3. The predicted octanol–water partition coefficient (Wildman–Crippen LogP) is 9.26. The highest BCUT2D eigenvalue weighted by Crippen LogP contribution is 2.11. The molecule has 236 valence electrons. The molecular weight excluding hydrogens is 512 g/mol. The Morgan fingerprint density at radius 1 is 0.400 bits per heavy atom. The summed E-state index contributed by atoms with van der Waals surface area (Å²) in [6.45, 7) is 4.49. The largest absolute Gasteiger partial charge is 0.481 e. The molecule has 0 aliphatic carbocycles. The lowest BCUT2D eigenvalue weighted by molar-refractivity contribution is -0.159. The van der Waals surface area contributed by atoms with E-state index >= 15 is 0 Å². The third kappa shape index (κ3) is 48.7. The van der Waals surface area contributed by atoms with Crippen molar-refractivity contribution in [3.8, 4) is 0 Å². The summed E-state index contributed by atoms with van der Waals surface area (Å²) in [6.07, 6.45) is 32.7. The topological polar surface area (TPSA) is 149 Å². The van der Waals surface area contributed by atoms with E-state index in [1.54, 1.807) is 0 Å². The number of carboxylic acid groups (broad SMARTS) is 4. The molecule has 0 atom stereocenters. The van der Waals surface area contributed by atoms with E-state index in [0.717, 1.165) is 25.7 Å². The van der Waals surface area contributed by atoms with Crippen LogP contribution < -0.4 is 0 Å². The fraction of sp³-hybridized carbons (Fsp3) is 0.812. The highest BCUT2D eigenvalue weighted by Gasteiger charge is 2.04. The fourth-order valence-corrected chi connectivity index (χ4v) is 3.93. The highest BCUT2D eigenvalue weighted by molar-refractivity contribution is 6.27. The van der Waals surface area contributed by atoms with E-state index in [4.69, 9.17) is 30.0 Å². The third-order valence-electron chi connectivity index (χ3n) is 6.33. The SMILES string of the molecule is CCCCCCCC/C=C\CCCCCCCC(=O)O.CCCCCCCCCCCC(=O)O.O=C(O)C(=O)O. The molecule has 8 heteroatoms. The molecule has 0 saturated carbocycles. The lowest BCUT2D eigenvalue weighted by Gasteiger charge is -2.00. The van der Waals surface area contributed by atoms with Gasteiger partial charge in [-0.3, -0.25) is 9.59 Å². The van der Waals surface area contributed by atoms with Crippen LogP contribution >= 0.6 is 0 Å². The Labute approximate surface area is 243 Å². The number of rotatable bonds is 25. The van der Waals surface area contributed by atoms with Gasteiger partial charge in [0.1, 0.15) is 0 Å². The van der Waals surface area contributed by atoms with Crippen molar-refractivity contribution in [2.24, 2.45) is 0 Å². The Kier molecular flexibility index (Phi) is 38.5. The van der Waals surface area contributed by atoms with Crippen LogP contribution in [0.25, 0.3) is 0 Å². The van der Waals surface area contributed by atoms with E-state index in [9.17, 15) is 9.59 Å². The summed E-state index contributed by atoms with van der Waals surface area (Å²) in [5.41, 5.74) is 0. The highest BCUT2D eigenvalue weighted by atomic mass is 16.4. The van der Waals surface area contributed by atoms with Gasteiger partial charge in [-0.2, -0.15) is 0 Å². The van der Waals surface area contributed by atoms with Gasteiger partial charge in [0.15, 0.2) is 0 Å². The van der Waals surface area contributed by atoms with Crippen molar-refractivity contribution in [1.82, 2.24) is 0 Å². The molecule has 0 radical (unpaired) electrons. The standard InChI is InChI=1S/C18H34O2.C12H24O2.C2H2O4/c1-2-3-4-5-6-7-8-9-10-11-12-13-14-15-16-17-18(19)20;1-2-3-4-5-6-7-8-9-10-11-12(13)14;3-1(4)2(5)6/h9-10H,2-8,11-17H2,1H3,(H,19,20);2-11H2,1H3,(H,13,14);(H,3,4)(H,5,6)/b10-9-;;. The van der Waals surface area contributed by atoms with Crippen molar-refractivity contribution in [2.45, 2.75) is 168 Å². The Balaban J connectivity index is -0.000000591. The van der Waals surface area contributed by atoms with Gasteiger partial charge >= 0.3 is 23.9 Å². The van der Waals surface area contributed by atoms with Gasteiger partial charge < -0.3 is 20.4 Å². The summed E-state index contributed by atoms with van der Waals surface area (Å²) in [6, 6.07) is 0. The van der Waals surface area contributed by atoms with E-state index < -0.39 is 23.9 Å². The van der Waals surface area contributed by atoms with Crippen molar-refractivity contribution in [3.05, 3.63) is 12.2 Å². The van der Waals surface area contributed by atoms with Crippen molar-refractivity contribution >= 4 is 23.9 Å². The van der Waals surface area contributed by atoms with Crippen molar-refractivity contribution in [2.75, 3.05) is 0 Å². The van der Waals surface area contributed by atoms with Crippen LogP contribution in [0.4, 0.5) is 0 Å². The zero-order valence-corrected chi connectivity index (χ0v) is 25.5. The first-order chi connectivity index (χ1) is 19.2. The van der Waals surface area contributed by atoms with E-state index in [0.29, 0.717) is 12.8 Å². The second kappa shape index (κ2) is 36.6. The number of unbranched alkanes of at least 4 members (excludes halogenated alkanes) is 19. The fourth-order valence-electron chi connectivity index (χ4n) is 3.93. The van der Waals surface area contributed by atoms with Gasteiger partial charge in [-0.15, -0.1) is 0 Å². The maximum atomic E-state index is 10.3. The van der Waals surface area contributed by atoms with Gasteiger partial charge in [0.25, 0.3) is 0 Å². The Bertz CT molecular complexity index is 604. The second-order valence-electron chi connectivity index (χ2n) is 10.3. The normalized spacial score (nSPS) is 10.3. The van der Waals surface area contributed by atoms with Crippen molar-refractivity contribution in [3.63, 3.8) is 0 Å². The molecule has 0 rings (SSSR count). The van der Waals surface area contributed by atoms with Crippen LogP contribution in [0.3, 0.4) is 0 Å². The van der Waals surface area contributed by atoms with Crippen LogP contribution in [0.1, 0.15) is 168 Å². The number of hydrogen-bond acceptors (Lipinski definition) is 4. The monoisotopic (exact) mass is 572 g/mol. The minimum Gasteiger partial charge on any atom is -0.481 e. The lowest BCUT2D eigenvalue weighted by Crippen LogP contribution is -2.09. The molecule has 0 amide bonds. The van der Waals surface area contributed by atoms with Gasteiger partial charge in [0.2, 0.25) is 0 Å². The molecular formula is C32H60O8. The minimum absolute atomic E-state index is 0.332. The predicted molar refractivity (Wildman–Crippen MR) is 162 cm³/mol. The molecule has 0 aromatic rings. The van der Waals surface area contributed by atoms with E-state index in [2.05, 4.69) is 26.0 Å². The average Bonchev–Trinajstić information content (AvgIpc) is 2.90. The molecule has 0 saturated heterocycles. The van der Waals surface area contributed by atoms with Crippen LogP contribution in [-0.2, 0) is 19.2 Å². The number of hydrogen-bond donors (Lipinski definition) is 4. The Morgan fingerprint density at radius 3 is 0.900 bits per heavy atom. The smallest absolute Gasteiger partial charge is 0.414 e. The summed E-state index contributed by atoms with van der Waals surface area (Å²) in [5.74, 6) is -4.97. The molecule has 0 aromatic carbocycles. The Morgan fingerprint density at radius 2 is 0.650 bits per heavy atom. The third-order valence-corrected chi connectivity index (χ3v) is 6.33. The molecule has 0 heterocycles. The second-order valence-corrected chi connectivity index (χ2v) is 10.3. The molecule has 0 spiro atoms. The molecule has 0 aliphatic heterocycles. The summed E-state index contributed by atoms with van der Waals surface area (Å²) < 4.78 is 0. The summed E-state index contributed by atoms with van der Waals surface area (Å²) in [5, 5.41) is 31.7. The Hall–Kier alpha value is -2.38. The first kappa shape index (κ1) is 42.1. The van der Waals surface area contributed by atoms with Gasteiger partial charge in [0.05, 0.1) is 0 Å². The van der Waals surface area contributed by atoms with Gasteiger partial charge in [-0.05, 0) is 38.5 Å². The van der Waals surface area contributed by atoms with Crippen LogP contribution in [0, 0.1) is 0 Å². The molecule has 40 heavy (non-hydrogen) atoms. The molecule has 0 fully saturated rings. The molecule has 8 nitrogen and oxygen atoms in total. The van der Waals surface area contributed by atoms with Crippen LogP contribution in [0.5, 0.6) is 0 Å². The summed E-state index contributed by atoms with van der Waals surface area (Å²) >= 11 is 0. The molecule has 0 bridgehead atoms. The van der Waals surface area contributed by atoms with Crippen molar-refractivity contribution in [1.29, 1.82) is 0 Å². The molecule has 4 N–H and O–H groups in total. The maximum Gasteiger partial charge on any atom is 0.414 e.